The molecule has 1 aliphatic rings. The summed E-state index contributed by atoms with van der Waals surface area (Å²) in [7, 11) is 0. The largest absolute Gasteiger partial charge is 0.389 e. The van der Waals surface area contributed by atoms with Gasteiger partial charge in [0.2, 0.25) is 0 Å². The van der Waals surface area contributed by atoms with Gasteiger partial charge in [-0.05, 0) is 32.7 Å². The monoisotopic (exact) mass is 314 g/mol. The zero-order valence-electron chi connectivity index (χ0n) is 12.7. The second kappa shape index (κ2) is 9.48. The molecule has 120 valence electrons. The first-order valence-electron chi connectivity index (χ1n) is 7.73. The first-order chi connectivity index (χ1) is 10.3. The molecule has 0 radical (unpaired) electrons. The summed E-state index contributed by atoms with van der Waals surface area (Å²) in [5, 5.41) is 13.1. The number of aliphatic hydroxyl groups is 1. The van der Waals surface area contributed by atoms with Crippen molar-refractivity contribution in [1.29, 1.82) is 0 Å². The van der Waals surface area contributed by atoms with Crippen molar-refractivity contribution in [3.8, 4) is 0 Å². The van der Waals surface area contributed by atoms with E-state index in [9.17, 15) is 5.11 Å². The lowest BCUT2D eigenvalue weighted by Crippen LogP contribution is -2.32. The zero-order chi connectivity index (χ0) is 14.9. The predicted molar refractivity (Wildman–Crippen MR) is 83.8 cm³/mol. The standard InChI is InChI=1S/C15H26N2O3S/c1-12-15(21-11-17-12)5-8-19-10-13(18)9-16-6-4-14-3-2-7-20-14/h11,13-14,16,18H,2-10H2,1H3. The smallest absolute Gasteiger partial charge is 0.0897 e. The van der Waals surface area contributed by atoms with E-state index < -0.39 is 6.10 Å². The van der Waals surface area contributed by atoms with Gasteiger partial charge in [-0.1, -0.05) is 0 Å². The van der Waals surface area contributed by atoms with E-state index in [-0.39, 0.29) is 0 Å². The molecule has 0 bridgehead atoms. The summed E-state index contributed by atoms with van der Waals surface area (Å²) in [4.78, 5) is 5.47. The highest BCUT2D eigenvalue weighted by Gasteiger charge is 2.14. The van der Waals surface area contributed by atoms with Crippen molar-refractivity contribution in [3.05, 3.63) is 16.1 Å². The highest BCUT2D eigenvalue weighted by atomic mass is 32.1. The number of aromatic nitrogens is 1. The van der Waals surface area contributed by atoms with Crippen LogP contribution in [0.2, 0.25) is 0 Å². The summed E-state index contributed by atoms with van der Waals surface area (Å²) in [6.07, 6.45) is 4.21. The molecule has 1 aromatic heterocycles. The maximum absolute atomic E-state index is 9.82. The third-order valence-electron chi connectivity index (χ3n) is 3.68. The first-order valence-corrected chi connectivity index (χ1v) is 8.60. The molecule has 0 amide bonds. The lowest BCUT2D eigenvalue weighted by atomic mass is 10.2. The number of nitrogens with one attached hydrogen (secondary N) is 1. The SMILES string of the molecule is Cc1ncsc1CCOCC(O)CNCCC1CCCO1. The molecule has 2 heterocycles. The lowest BCUT2D eigenvalue weighted by Gasteiger charge is -2.14. The average Bonchev–Trinajstić information content (AvgIpc) is 3.12. The maximum atomic E-state index is 9.82. The number of aliphatic hydroxyl groups excluding tert-OH is 1. The fraction of sp³-hybridized carbons (Fsp3) is 0.800. The molecule has 1 fully saturated rings. The summed E-state index contributed by atoms with van der Waals surface area (Å²) in [6.45, 7) is 5.40. The van der Waals surface area contributed by atoms with E-state index in [1.807, 2.05) is 12.4 Å². The molecule has 21 heavy (non-hydrogen) atoms. The van der Waals surface area contributed by atoms with E-state index >= 15 is 0 Å². The number of nitrogens with zero attached hydrogens (tertiary/aromatic N) is 1. The second-order valence-electron chi connectivity index (χ2n) is 5.47. The van der Waals surface area contributed by atoms with Gasteiger partial charge in [0.1, 0.15) is 0 Å². The van der Waals surface area contributed by atoms with Crippen molar-refractivity contribution in [2.45, 2.75) is 44.8 Å². The highest BCUT2D eigenvalue weighted by Crippen LogP contribution is 2.14. The van der Waals surface area contributed by atoms with Crippen LogP contribution in [0.1, 0.15) is 29.8 Å². The summed E-state index contributed by atoms with van der Waals surface area (Å²) in [6, 6.07) is 0. The molecule has 6 heteroatoms. The van der Waals surface area contributed by atoms with E-state index in [0.717, 1.165) is 31.7 Å². The number of thiazole rings is 1. The van der Waals surface area contributed by atoms with E-state index in [4.69, 9.17) is 9.47 Å². The van der Waals surface area contributed by atoms with Crippen LogP contribution in [-0.2, 0) is 15.9 Å². The third kappa shape index (κ3) is 6.40. The number of hydrogen-bond acceptors (Lipinski definition) is 6. The van der Waals surface area contributed by atoms with Gasteiger partial charge in [0, 0.05) is 24.4 Å². The van der Waals surface area contributed by atoms with Gasteiger partial charge >= 0.3 is 0 Å². The molecular weight excluding hydrogens is 288 g/mol. The van der Waals surface area contributed by atoms with E-state index in [0.29, 0.717) is 25.9 Å². The van der Waals surface area contributed by atoms with Crippen molar-refractivity contribution in [1.82, 2.24) is 10.3 Å². The molecular formula is C15H26N2O3S. The van der Waals surface area contributed by atoms with Gasteiger partial charge in [0.15, 0.2) is 0 Å². The molecule has 2 rings (SSSR count). The van der Waals surface area contributed by atoms with Crippen LogP contribution in [0.4, 0.5) is 0 Å². The molecule has 0 saturated carbocycles. The normalized spacial score (nSPS) is 20.0. The van der Waals surface area contributed by atoms with Gasteiger partial charge < -0.3 is 19.9 Å². The Bertz CT molecular complexity index is 394. The Kier molecular flexibility index (Phi) is 7.60. The highest BCUT2D eigenvalue weighted by molar-refractivity contribution is 7.09. The molecule has 1 aromatic rings. The van der Waals surface area contributed by atoms with E-state index in [1.54, 1.807) is 11.3 Å². The van der Waals surface area contributed by atoms with E-state index in [2.05, 4.69) is 10.3 Å². The summed E-state index contributed by atoms with van der Waals surface area (Å²) in [5.74, 6) is 0. The number of hydrogen-bond donors (Lipinski definition) is 2. The fourth-order valence-corrected chi connectivity index (χ4v) is 3.18. The van der Waals surface area contributed by atoms with Gasteiger partial charge in [0.05, 0.1) is 36.6 Å². The molecule has 2 unspecified atom stereocenters. The number of rotatable bonds is 10. The minimum Gasteiger partial charge on any atom is -0.389 e. The van der Waals surface area contributed by atoms with Crippen molar-refractivity contribution >= 4 is 11.3 Å². The Balaban J connectivity index is 1.44. The van der Waals surface area contributed by atoms with Crippen LogP contribution < -0.4 is 5.32 Å². The third-order valence-corrected chi connectivity index (χ3v) is 4.67. The van der Waals surface area contributed by atoms with Crippen LogP contribution in [-0.4, -0.2) is 55.2 Å². The molecule has 1 aliphatic heterocycles. The molecule has 0 aliphatic carbocycles. The second-order valence-corrected chi connectivity index (χ2v) is 6.41. The summed E-state index contributed by atoms with van der Waals surface area (Å²) < 4.78 is 11.1. The quantitative estimate of drug-likeness (QED) is 0.641. The summed E-state index contributed by atoms with van der Waals surface area (Å²) >= 11 is 1.66. The minimum atomic E-state index is -0.447. The Morgan fingerprint density at radius 3 is 3.24 bits per heavy atom. The van der Waals surface area contributed by atoms with Crippen LogP contribution in [0.3, 0.4) is 0 Å². The van der Waals surface area contributed by atoms with Gasteiger partial charge in [-0.2, -0.15) is 0 Å². The molecule has 2 N–H and O–H groups in total. The average molecular weight is 314 g/mol. The Labute approximate surface area is 130 Å². The molecule has 0 spiro atoms. The van der Waals surface area contributed by atoms with Crippen molar-refractivity contribution < 1.29 is 14.6 Å². The van der Waals surface area contributed by atoms with Crippen molar-refractivity contribution in [3.63, 3.8) is 0 Å². The van der Waals surface area contributed by atoms with Gasteiger partial charge in [0.25, 0.3) is 0 Å². The lowest BCUT2D eigenvalue weighted by molar-refractivity contribution is 0.0377. The first kappa shape index (κ1) is 16.8. The molecule has 5 nitrogen and oxygen atoms in total. The Morgan fingerprint density at radius 1 is 1.62 bits per heavy atom. The number of aryl methyl sites for hydroxylation is 1. The molecule has 1 saturated heterocycles. The van der Waals surface area contributed by atoms with Crippen LogP contribution in [0.15, 0.2) is 5.51 Å². The van der Waals surface area contributed by atoms with Gasteiger partial charge in [-0.25, -0.2) is 4.98 Å². The molecule has 0 aromatic carbocycles. The van der Waals surface area contributed by atoms with Gasteiger partial charge in [-0.15, -0.1) is 11.3 Å². The van der Waals surface area contributed by atoms with Crippen LogP contribution in [0, 0.1) is 6.92 Å². The van der Waals surface area contributed by atoms with E-state index in [1.165, 1.54) is 17.7 Å². The zero-order valence-corrected chi connectivity index (χ0v) is 13.5. The Hall–Kier alpha value is -0.530. The van der Waals surface area contributed by atoms with Crippen LogP contribution in [0.25, 0.3) is 0 Å². The van der Waals surface area contributed by atoms with Crippen molar-refractivity contribution in [2.75, 3.05) is 32.9 Å². The fourth-order valence-electron chi connectivity index (χ4n) is 2.41. The minimum absolute atomic E-state index is 0.380. The van der Waals surface area contributed by atoms with Crippen molar-refractivity contribution in [2.24, 2.45) is 0 Å². The maximum Gasteiger partial charge on any atom is 0.0897 e. The number of ether oxygens (including phenoxy) is 2. The van der Waals surface area contributed by atoms with Crippen LogP contribution in [0.5, 0.6) is 0 Å². The topological polar surface area (TPSA) is 63.6 Å². The summed E-state index contributed by atoms with van der Waals surface area (Å²) in [5.41, 5.74) is 2.94. The molecule has 2 atom stereocenters. The van der Waals surface area contributed by atoms with Crippen LogP contribution >= 0.6 is 11.3 Å². The Morgan fingerprint density at radius 2 is 2.52 bits per heavy atom. The van der Waals surface area contributed by atoms with Gasteiger partial charge in [-0.3, -0.25) is 0 Å². The predicted octanol–water partition coefficient (Wildman–Crippen LogP) is 1.53.